The molecule has 0 spiro atoms. The molecule has 1 aliphatic rings. The van der Waals surface area contributed by atoms with E-state index < -0.39 is 33.2 Å². The van der Waals surface area contributed by atoms with Gasteiger partial charge in [0.15, 0.2) is 14.6 Å². The van der Waals surface area contributed by atoms with Crippen LogP contribution in [0.5, 0.6) is 0 Å². The molecule has 1 aliphatic heterocycles. The SMILES string of the molecule is C=CCn1c(=NC(=O)CS(=O)(=O)CC(=O)N2CCN(c3ccccc3)CC2)sc2ccccc21. The summed E-state index contributed by atoms with van der Waals surface area (Å²) in [5.74, 6) is -2.76. The van der Waals surface area contributed by atoms with E-state index >= 15 is 0 Å². The largest absolute Gasteiger partial charge is 0.368 e. The van der Waals surface area contributed by atoms with Crippen LogP contribution >= 0.6 is 11.3 Å². The van der Waals surface area contributed by atoms with Gasteiger partial charge in [-0.05, 0) is 24.3 Å². The fourth-order valence-electron chi connectivity index (χ4n) is 3.92. The first kappa shape index (κ1) is 23.9. The Balaban J connectivity index is 1.39. The van der Waals surface area contributed by atoms with Gasteiger partial charge in [-0.15, -0.1) is 6.58 Å². The van der Waals surface area contributed by atoms with Gasteiger partial charge in [0.05, 0.1) is 10.2 Å². The fourth-order valence-corrected chi connectivity index (χ4v) is 6.08. The highest BCUT2D eigenvalue weighted by molar-refractivity contribution is 7.92. The van der Waals surface area contributed by atoms with Gasteiger partial charge in [0.25, 0.3) is 5.91 Å². The number of rotatable bonds is 7. The van der Waals surface area contributed by atoms with Crippen molar-refractivity contribution < 1.29 is 18.0 Å². The Hall–Kier alpha value is -3.24. The van der Waals surface area contributed by atoms with Gasteiger partial charge in [0.2, 0.25) is 5.91 Å². The van der Waals surface area contributed by atoms with Crippen LogP contribution in [0.2, 0.25) is 0 Å². The lowest BCUT2D eigenvalue weighted by Crippen LogP contribution is -2.50. The average molecular weight is 499 g/mol. The zero-order chi connectivity index (χ0) is 24.1. The molecule has 2 aromatic carbocycles. The molecule has 0 bridgehead atoms. The van der Waals surface area contributed by atoms with Gasteiger partial charge in [-0.25, -0.2) is 8.42 Å². The number of nitrogens with zero attached hydrogens (tertiary/aromatic N) is 4. The Morgan fingerprint density at radius 2 is 1.65 bits per heavy atom. The maximum Gasteiger partial charge on any atom is 0.263 e. The number of allylic oxidation sites excluding steroid dienone is 1. The highest BCUT2D eigenvalue weighted by Gasteiger charge is 2.27. The number of piperazine rings is 1. The number of sulfone groups is 1. The number of para-hydroxylation sites is 2. The molecule has 3 aromatic rings. The van der Waals surface area contributed by atoms with Gasteiger partial charge in [-0.1, -0.05) is 47.7 Å². The number of benzene rings is 2. The maximum absolute atomic E-state index is 12.6. The van der Waals surface area contributed by atoms with Crippen molar-refractivity contribution in [1.29, 1.82) is 0 Å². The van der Waals surface area contributed by atoms with Crippen molar-refractivity contribution in [3.05, 3.63) is 72.1 Å². The Morgan fingerprint density at radius 1 is 0.971 bits per heavy atom. The van der Waals surface area contributed by atoms with Crippen LogP contribution in [-0.4, -0.2) is 67.4 Å². The van der Waals surface area contributed by atoms with Crippen molar-refractivity contribution in [2.24, 2.45) is 4.99 Å². The van der Waals surface area contributed by atoms with E-state index in [4.69, 9.17) is 0 Å². The lowest BCUT2D eigenvalue weighted by molar-refractivity contribution is -0.128. The quantitative estimate of drug-likeness (QED) is 0.465. The van der Waals surface area contributed by atoms with Crippen molar-refractivity contribution in [1.82, 2.24) is 9.47 Å². The molecule has 2 amide bonds. The van der Waals surface area contributed by atoms with E-state index in [1.807, 2.05) is 59.2 Å². The molecular weight excluding hydrogens is 472 g/mol. The number of thiazole rings is 1. The van der Waals surface area contributed by atoms with Gasteiger partial charge in [0.1, 0.15) is 11.5 Å². The van der Waals surface area contributed by atoms with Crippen LogP contribution in [-0.2, 0) is 26.0 Å². The molecule has 10 heteroatoms. The molecule has 34 heavy (non-hydrogen) atoms. The summed E-state index contributed by atoms with van der Waals surface area (Å²) in [6.07, 6.45) is 1.69. The molecule has 1 fully saturated rings. The van der Waals surface area contributed by atoms with Crippen molar-refractivity contribution in [2.45, 2.75) is 6.54 Å². The minimum absolute atomic E-state index is 0.407. The van der Waals surface area contributed by atoms with Crippen LogP contribution in [0.4, 0.5) is 5.69 Å². The Labute approximate surface area is 202 Å². The van der Waals surface area contributed by atoms with E-state index in [1.165, 1.54) is 11.3 Å². The summed E-state index contributed by atoms with van der Waals surface area (Å²) in [5.41, 5.74) is 1.97. The van der Waals surface area contributed by atoms with Crippen LogP contribution < -0.4 is 9.70 Å². The van der Waals surface area contributed by atoms with Crippen LogP contribution in [0.25, 0.3) is 10.2 Å². The third-order valence-corrected chi connectivity index (χ3v) is 7.99. The monoisotopic (exact) mass is 498 g/mol. The molecule has 0 N–H and O–H groups in total. The van der Waals surface area contributed by atoms with Gasteiger partial charge in [-0.3, -0.25) is 9.59 Å². The predicted molar refractivity (Wildman–Crippen MR) is 134 cm³/mol. The number of carbonyl (C=O) groups excluding carboxylic acids is 2. The molecular formula is C24H26N4O4S2. The number of hydrogen-bond donors (Lipinski definition) is 0. The number of anilines is 1. The highest BCUT2D eigenvalue weighted by atomic mass is 32.2. The molecule has 4 rings (SSSR count). The Kier molecular flexibility index (Phi) is 7.28. The standard InChI is InChI=1S/C24H26N4O4S2/c1-2-12-28-20-10-6-7-11-21(20)33-24(28)25-22(29)17-34(31,32)18-23(30)27-15-13-26(14-16-27)19-8-4-3-5-9-19/h2-11H,1,12-18H2. The third-order valence-electron chi connectivity index (χ3n) is 5.56. The highest BCUT2D eigenvalue weighted by Crippen LogP contribution is 2.17. The van der Waals surface area contributed by atoms with Gasteiger partial charge in [-0.2, -0.15) is 4.99 Å². The first-order valence-corrected chi connectivity index (χ1v) is 13.5. The average Bonchev–Trinajstić information content (AvgIpc) is 3.16. The first-order valence-electron chi connectivity index (χ1n) is 10.9. The van der Waals surface area contributed by atoms with E-state index in [0.717, 1.165) is 15.9 Å². The normalized spacial score (nSPS) is 15.0. The number of hydrogen-bond acceptors (Lipinski definition) is 6. The molecule has 8 nitrogen and oxygen atoms in total. The molecule has 0 aliphatic carbocycles. The second kappa shape index (κ2) is 10.4. The van der Waals surface area contributed by atoms with Gasteiger partial charge < -0.3 is 14.4 Å². The fraction of sp³-hybridized carbons (Fsp3) is 0.292. The van der Waals surface area contributed by atoms with Crippen LogP contribution in [0, 0.1) is 0 Å². The number of fused-ring (bicyclic) bond motifs is 1. The molecule has 1 aromatic heterocycles. The second-order valence-electron chi connectivity index (χ2n) is 7.99. The van der Waals surface area contributed by atoms with Crippen LogP contribution in [0.15, 0.2) is 72.2 Å². The van der Waals surface area contributed by atoms with Crippen LogP contribution in [0.1, 0.15) is 0 Å². The van der Waals surface area contributed by atoms with Crippen LogP contribution in [0.3, 0.4) is 0 Å². The van der Waals surface area contributed by atoms with E-state index in [1.54, 1.807) is 11.0 Å². The van der Waals surface area contributed by atoms with Crippen molar-refractivity contribution in [3.63, 3.8) is 0 Å². The molecule has 0 unspecified atom stereocenters. The number of carbonyl (C=O) groups is 2. The lowest BCUT2D eigenvalue weighted by atomic mass is 10.2. The molecule has 0 atom stereocenters. The smallest absolute Gasteiger partial charge is 0.263 e. The summed E-state index contributed by atoms with van der Waals surface area (Å²) in [6, 6.07) is 17.5. The van der Waals surface area contributed by atoms with Gasteiger partial charge in [0, 0.05) is 38.4 Å². The van der Waals surface area contributed by atoms with Crippen molar-refractivity contribution in [3.8, 4) is 0 Å². The molecule has 1 saturated heterocycles. The number of aromatic nitrogens is 1. The van der Waals surface area contributed by atoms with E-state index in [2.05, 4.69) is 16.5 Å². The molecule has 178 valence electrons. The van der Waals surface area contributed by atoms with E-state index in [0.29, 0.717) is 37.5 Å². The zero-order valence-corrected chi connectivity index (χ0v) is 20.3. The topological polar surface area (TPSA) is 92.0 Å². The Bertz CT molecular complexity index is 1370. The van der Waals surface area contributed by atoms with Crippen molar-refractivity contribution >= 4 is 48.9 Å². The lowest BCUT2D eigenvalue weighted by Gasteiger charge is -2.36. The molecule has 0 radical (unpaired) electrons. The van der Waals surface area contributed by atoms with E-state index in [-0.39, 0.29) is 0 Å². The first-order chi connectivity index (χ1) is 16.4. The minimum atomic E-state index is -3.94. The number of amides is 2. The van der Waals surface area contributed by atoms with E-state index in [9.17, 15) is 18.0 Å². The van der Waals surface area contributed by atoms with Crippen molar-refractivity contribution in [2.75, 3.05) is 42.6 Å². The molecule has 0 saturated carbocycles. The summed E-state index contributed by atoms with van der Waals surface area (Å²) in [7, 11) is -3.94. The zero-order valence-electron chi connectivity index (χ0n) is 18.7. The Morgan fingerprint density at radius 3 is 2.35 bits per heavy atom. The predicted octanol–water partition coefficient (Wildman–Crippen LogP) is 2.08. The second-order valence-corrected chi connectivity index (χ2v) is 11.1. The van der Waals surface area contributed by atoms with Gasteiger partial charge >= 0.3 is 0 Å². The summed E-state index contributed by atoms with van der Waals surface area (Å²) in [4.78, 5) is 33.3. The maximum atomic E-state index is 12.6. The third kappa shape index (κ3) is 5.63. The summed E-state index contributed by atoms with van der Waals surface area (Å²) >= 11 is 1.31. The summed E-state index contributed by atoms with van der Waals surface area (Å²) < 4.78 is 27.9. The summed E-state index contributed by atoms with van der Waals surface area (Å²) in [6.45, 7) is 6.30. The molecule has 2 heterocycles. The minimum Gasteiger partial charge on any atom is -0.368 e. The summed E-state index contributed by atoms with van der Waals surface area (Å²) in [5, 5.41) is 0.